The smallest absolute Gasteiger partial charge is 0.125 e. The summed E-state index contributed by atoms with van der Waals surface area (Å²) < 4.78 is 0. The minimum Gasteiger partial charge on any atom is -0.373 e. The van der Waals surface area contributed by atoms with E-state index in [0.29, 0.717) is 5.92 Å². The maximum Gasteiger partial charge on any atom is 0.125 e. The molecule has 0 radical (unpaired) electrons. The summed E-state index contributed by atoms with van der Waals surface area (Å²) in [5.74, 6) is 1.60. The number of rotatable bonds is 3. The molecule has 1 atom stereocenters. The Kier molecular flexibility index (Phi) is 2.19. The van der Waals surface area contributed by atoms with Crippen molar-refractivity contribution in [2.45, 2.75) is 18.9 Å². The van der Waals surface area contributed by atoms with Gasteiger partial charge in [-0.05, 0) is 36.5 Å². The van der Waals surface area contributed by atoms with Gasteiger partial charge in [-0.25, -0.2) is 4.98 Å². The average Bonchev–Trinajstić information content (AvgIpc) is 3.00. The van der Waals surface area contributed by atoms with Gasteiger partial charge in [0.2, 0.25) is 0 Å². The van der Waals surface area contributed by atoms with Crippen molar-refractivity contribution in [1.82, 2.24) is 4.98 Å². The predicted molar refractivity (Wildman–Crippen MR) is 53.4 cm³/mol. The van der Waals surface area contributed by atoms with Crippen LogP contribution in [0, 0.1) is 5.92 Å². The summed E-state index contributed by atoms with van der Waals surface area (Å²) >= 11 is 0. The highest BCUT2D eigenvalue weighted by molar-refractivity contribution is 5.38. The van der Waals surface area contributed by atoms with Crippen LogP contribution in [0.5, 0.6) is 0 Å². The van der Waals surface area contributed by atoms with Gasteiger partial charge in [0.05, 0.1) is 0 Å². The summed E-state index contributed by atoms with van der Waals surface area (Å²) in [5, 5.41) is 3.01. The van der Waals surface area contributed by atoms with E-state index in [0.717, 1.165) is 5.82 Å². The van der Waals surface area contributed by atoms with Gasteiger partial charge < -0.3 is 11.1 Å². The molecule has 0 aromatic carbocycles. The van der Waals surface area contributed by atoms with Gasteiger partial charge in [0.15, 0.2) is 0 Å². The zero-order valence-electron chi connectivity index (χ0n) is 7.83. The molecular weight excluding hydrogens is 162 g/mol. The van der Waals surface area contributed by atoms with Crippen molar-refractivity contribution in [2.24, 2.45) is 11.7 Å². The molecule has 1 saturated carbocycles. The maximum atomic E-state index is 6.07. The van der Waals surface area contributed by atoms with Crippen LogP contribution in [0.1, 0.15) is 24.4 Å². The Bertz CT molecular complexity index is 294. The van der Waals surface area contributed by atoms with Gasteiger partial charge in [-0.15, -0.1) is 0 Å². The lowest BCUT2D eigenvalue weighted by molar-refractivity contribution is 0.633. The molecule has 0 unspecified atom stereocenters. The predicted octanol–water partition coefficient (Wildman–Crippen LogP) is 1.53. The number of hydrogen-bond donors (Lipinski definition) is 2. The van der Waals surface area contributed by atoms with Crippen molar-refractivity contribution >= 4 is 5.82 Å². The first-order valence-corrected chi connectivity index (χ1v) is 4.70. The van der Waals surface area contributed by atoms with E-state index in [1.165, 1.54) is 18.4 Å². The number of nitrogens with one attached hydrogen (secondary N) is 1. The molecule has 0 saturated heterocycles. The molecule has 13 heavy (non-hydrogen) atoms. The molecule has 3 nitrogen and oxygen atoms in total. The molecule has 1 aliphatic rings. The van der Waals surface area contributed by atoms with Crippen molar-refractivity contribution < 1.29 is 0 Å². The SMILES string of the molecule is CNc1cc([C@H](N)C2CC2)ccn1. The van der Waals surface area contributed by atoms with Crippen LogP contribution in [0.3, 0.4) is 0 Å². The van der Waals surface area contributed by atoms with E-state index >= 15 is 0 Å². The van der Waals surface area contributed by atoms with Crippen LogP contribution in [0.2, 0.25) is 0 Å². The molecule has 1 aromatic rings. The van der Waals surface area contributed by atoms with Crippen LogP contribution in [-0.4, -0.2) is 12.0 Å². The van der Waals surface area contributed by atoms with Crippen molar-refractivity contribution in [3.05, 3.63) is 23.9 Å². The summed E-state index contributed by atoms with van der Waals surface area (Å²) in [6, 6.07) is 4.24. The van der Waals surface area contributed by atoms with E-state index in [-0.39, 0.29) is 6.04 Å². The fraction of sp³-hybridized carbons (Fsp3) is 0.500. The fourth-order valence-corrected chi connectivity index (χ4v) is 1.52. The first kappa shape index (κ1) is 8.51. The van der Waals surface area contributed by atoms with Gasteiger partial charge in [-0.3, -0.25) is 0 Å². The van der Waals surface area contributed by atoms with Crippen LogP contribution in [0.4, 0.5) is 5.82 Å². The fourth-order valence-electron chi connectivity index (χ4n) is 1.52. The van der Waals surface area contributed by atoms with E-state index in [2.05, 4.69) is 10.3 Å². The summed E-state index contributed by atoms with van der Waals surface area (Å²) in [4.78, 5) is 4.15. The number of anilines is 1. The minimum absolute atomic E-state index is 0.204. The molecular formula is C10H15N3. The largest absolute Gasteiger partial charge is 0.373 e. The van der Waals surface area contributed by atoms with Gasteiger partial charge in [-0.1, -0.05) is 0 Å². The van der Waals surface area contributed by atoms with Crippen LogP contribution in [0.15, 0.2) is 18.3 Å². The van der Waals surface area contributed by atoms with Crippen LogP contribution >= 0.6 is 0 Å². The van der Waals surface area contributed by atoms with E-state index < -0.39 is 0 Å². The molecule has 1 aromatic heterocycles. The molecule has 0 spiro atoms. The highest BCUT2D eigenvalue weighted by atomic mass is 14.9. The molecule has 3 N–H and O–H groups in total. The number of hydrogen-bond acceptors (Lipinski definition) is 3. The Morgan fingerprint density at radius 3 is 3.00 bits per heavy atom. The van der Waals surface area contributed by atoms with E-state index in [1.807, 2.05) is 25.4 Å². The van der Waals surface area contributed by atoms with Crippen molar-refractivity contribution in [3.63, 3.8) is 0 Å². The minimum atomic E-state index is 0.204. The Hall–Kier alpha value is -1.09. The van der Waals surface area contributed by atoms with Crippen molar-refractivity contribution in [1.29, 1.82) is 0 Å². The van der Waals surface area contributed by atoms with Gasteiger partial charge in [-0.2, -0.15) is 0 Å². The van der Waals surface area contributed by atoms with Crippen LogP contribution in [-0.2, 0) is 0 Å². The van der Waals surface area contributed by atoms with E-state index in [1.54, 1.807) is 0 Å². The van der Waals surface area contributed by atoms with Crippen LogP contribution < -0.4 is 11.1 Å². The molecule has 1 aliphatic carbocycles. The molecule has 1 fully saturated rings. The quantitative estimate of drug-likeness (QED) is 0.736. The summed E-state index contributed by atoms with van der Waals surface area (Å²) in [5.41, 5.74) is 7.26. The molecule has 3 heteroatoms. The Morgan fingerprint density at radius 2 is 2.38 bits per heavy atom. The Balaban J connectivity index is 2.18. The number of pyridine rings is 1. The second-order valence-corrected chi connectivity index (χ2v) is 3.59. The Morgan fingerprint density at radius 1 is 1.62 bits per heavy atom. The molecule has 2 rings (SSSR count). The van der Waals surface area contributed by atoms with Gasteiger partial charge in [0, 0.05) is 19.3 Å². The van der Waals surface area contributed by atoms with Crippen LogP contribution in [0.25, 0.3) is 0 Å². The monoisotopic (exact) mass is 177 g/mol. The topological polar surface area (TPSA) is 50.9 Å². The second kappa shape index (κ2) is 3.34. The normalized spacial score (nSPS) is 18.3. The third-order valence-electron chi connectivity index (χ3n) is 2.55. The standard InChI is InChI=1S/C10H15N3/c1-12-9-6-8(4-5-13-9)10(11)7-2-3-7/h4-7,10H,2-3,11H2,1H3,(H,12,13)/t10-/m1/s1. The van der Waals surface area contributed by atoms with Crippen molar-refractivity contribution in [3.8, 4) is 0 Å². The lowest BCUT2D eigenvalue weighted by Gasteiger charge is -2.11. The molecule has 0 aliphatic heterocycles. The molecule has 1 heterocycles. The van der Waals surface area contributed by atoms with E-state index in [4.69, 9.17) is 5.73 Å². The summed E-state index contributed by atoms with van der Waals surface area (Å²) in [6.07, 6.45) is 4.36. The summed E-state index contributed by atoms with van der Waals surface area (Å²) in [6.45, 7) is 0. The molecule has 70 valence electrons. The van der Waals surface area contributed by atoms with E-state index in [9.17, 15) is 0 Å². The zero-order valence-corrected chi connectivity index (χ0v) is 7.83. The summed E-state index contributed by atoms with van der Waals surface area (Å²) in [7, 11) is 1.87. The highest BCUT2D eigenvalue weighted by Gasteiger charge is 2.29. The highest BCUT2D eigenvalue weighted by Crippen LogP contribution is 2.39. The van der Waals surface area contributed by atoms with Gasteiger partial charge in [0.1, 0.15) is 5.82 Å². The maximum absolute atomic E-state index is 6.07. The first-order chi connectivity index (χ1) is 6.31. The first-order valence-electron chi connectivity index (χ1n) is 4.70. The average molecular weight is 177 g/mol. The third kappa shape index (κ3) is 1.80. The lowest BCUT2D eigenvalue weighted by atomic mass is 10.1. The third-order valence-corrected chi connectivity index (χ3v) is 2.55. The number of nitrogens with two attached hydrogens (primary N) is 1. The van der Waals surface area contributed by atoms with Gasteiger partial charge >= 0.3 is 0 Å². The Labute approximate surface area is 78.4 Å². The number of nitrogens with zero attached hydrogens (tertiary/aromatic N) is 1. The van der Waals surface area contributed by atoms with Crippen molar-refractivity contribution in [2.75, 3.05) is 12.4 Å². The lowest BCUT2D eigenvalue weighted by Crippen LogP contribution is -2.12. The number of aromatic nitrogens is 1. The zero-order chi connectivity index (χ0) is 9.26. The van der Waals surface area contributed by atoms with Gasteiger partial charge in [0.25, 0.3) is 0 Å². The molecule has 0 amide bonds. The molecule has 0 bridgehead atoms. The second-order valence-electron chi connectivity index (χ2n) is 3.59.